The Kier molecular flexibility index (Phi) is 6.11. The predicted molar refractivity (Wildman–Crippen MR) is 102 cm³/mol. The number of piperidine rings is 1. The van der Waals surface area contributed by atoms with E-state index < -0.39 is 10.0 Å². The number of fused-ring (bicyclic) bond motifs is 1. The zero-order valence-electron chi connectivity index (χ0n) is 14.6. The highest BCUT2D eigenvalue weighted by Gasteiger charge is 2.19. The molecule has 1 N–H and O–H groups in total. The topological polar surface area (TPSA) is 98.2 Å². The van der Waals surface area contributed by atoms with E-state index in [1.165, 1.54) is 0 Å². The number of sulfonamides is 1. The number of hydrogen-bond acceptors (Lipinski definition) is 4. The van der Waals surface area contributed by atoms with E-state index in [0.717, 1.165) is 36.7 Å². The average Bonchev–Trinajstić information content (AvgIpc) is 2.67. The average molecular weight is 373 g/mol. The Hall–Kier alpha value is -2.12. The Bertz CT molecular complexity index is 901. The molecule has 0 aromatic heterocycles. The number of rotatable bonds is 7. The maximum atomic E-state index is 12.5. The van der Waals surface area contributed by atoms with Crippen LogP contribution in [0.15, 0.2) is 52.5 Å². The van der Waals surface area contributed by atoms with Crippen molar-refractivity contribution in [2.75, 3.05) is 32.7 Å². The predicted octanol–water partition coefficient (Wildman–Crippen LogP) is 3.14. The highest BCUT2D eigenvalue weighted by molar-refractivity contribution is 7.89. The van der Waals surface area contributed by atoms with Gasteiger partial charge in [0.25, 0.3) is 0 Å². The Morgan fingerprint density at radius 2 is 1.88 bits per heavy atom. The van der Waals surface area contributed by atoms with Gasteiger partial charge >= 0.3 is 0 Å². The second-order valence-electron chi connectivity index (χ2n) is 6.61. The highest BCUT2D eigenvalue weighted by atomic mass is 32.2. The van der Waals surface area contributed by atoms with Crippen molar-refractivity contribution in [3.05, 3.63) is 52.9 Å². The summed E-state index contributed by atoms with van der Waals surface area (Å²) in [5, 5.41) is 5.58. The number of benzene rings is 2. The van der Waals surface area contributed by atoms with Gasteiger partial charge in [-0.2, -0.15) is 0 Å². The van der Waals surface area contributed by atoms with Crippen LogP contribution in [0.2, 0.25) is 0 Å². The monoisotopic (exact) mass is 373 g/mol. The molecule has 3 rings (SSSR count). The Morgan fingerprint density at radius 3 is 2.62 bits per heavy atom. The van der Waals surface area contributed by atoms with Gasteiger partial charge in [-0.05, 0) is 60.3 Å². The molecule has 138 valence electrons. The molecule has 26 heavy (non-hydrogen) atoms. The van der Waals surface area contributed by atoms with Crippen LogP contribution in [0.5, 0.6) is 0 Å². The summed E-state index contributed by atoms with van der Waals surface area (Å²) < 4.78 is 27.7. The highest BCUT2D eigenvalue weighted by Crippen LogP contribution is 2.19. The van der Waals surface area contributed by atoms with Gasteiger partial charge in [-0.25, -0.2) is 13.1 Å². The van der Waals surface area contributed by atoms with Crippen LogP contribution >= 0.6 is 0 Å². The first-order chi connectivity index (χ1) is 12.6. The van der Waals surface area contributed by atoms with Crippen LogP contribution in [0.1, 0.15) is 12.8 Å². The summed E-state index contributed by atoms with van der Waals surface area (Å²) in [5.74, 6) is 0.441. The summed E-state index contributed by atoms with van der Waals surface area (Å²) in [6.45, 7) is 3.43. The van der Waals surface area contributed by atoms with Gasteiger partial charge in [-0.3, -0.25) is 0 Å². The molecular formula is C18H23N5O2S. The van der Waals surface area contributed by atoms with Crippen molar-refractivity contribution < 1.29 is 8.42 Å². The van der Waals surface area contributed by atoms with Crippen LogP contribution in [0.4, 0.5) is 0 Å². The summed E-state index contributed by atoms with van der Waals surface area (Å²) in [4.78, 5) is 5.35. The number of hydrogen-bond donors (Lipinski definition) is 1. The van der Waals surface area contributed by atoms with Crippen molar-refractivity contribution in [1.82, 2.24) is 9.62 Å². The Balaban J connectivity index is 1.51. The van der Waals surface area contributed by atoms with Gasteiger partial charge in [0.1, 0.15) is 0 Å². The summed E-state index contributed by atoms with van der Waals surface area (Å²) >= 11 is 0. The molecule has 0 amide bonds. The number of nitrogens with zero attached hydrogens (tertiary/aromatic N) is 4. The maximum absolute atomic E-state index is 12.5. The van der Waals surface area contributed by atoms with E-state index >= 15 is 0 Å². The number of likely N-dealkylation sites (tertiary alicyclic amines) is 1. The zero-order valence-corrected chi connectivity index (χ0v) is 15.4. The zero-order chi connectivity index (χ0) is 18.4. The van der Waals surface area contributed by atoms with E-state index in [4.69, 9.17) is 5.53 Å². The molecule has 0 radical (unpaired) electrons. The Labute approximate surface area is 153 Å². The first-order valence-electron chi connectivity index (χ1n) is 8.80. The molecule has 0 aliphatic carbocycles. The van der Waals surface area contributed by atoms with Gasteiger partial charge in [0.15, 0.2) is 0 Å². The van der Waals surface area contributed by atoms with E-state index in [0.29, 0.717) is 30.4 Å². The first kappa shape index (κ1) is 18.7. The largest absolute Gasteiger partial charge is 0.302 e. The molecule has 0 unspecified atom stereocenters. The van der Waals surface area contributed by atoms with Crippen LogP contribution in [0.25, 0.3) is 21.2 Å². The second kappa shape index (κ2) is 8.51. The fourth-order valence-electron chi connectivity index (χ4n) is 3.30. The van der Waals surface area contributed by atoms with Gasteiger partial charge in [-0.15, -0.1) is 0 Å². The SMILES string of the molecule is [N-]=[N+]=NCC1CCN(CCNS(=O)(=O)c2ccc3ccccc3c2)CC1. The molecule has 1 aliphatic heterocycles. The minimum Gasteiger partial charge on any atom is -0.302 e. The summed E-state index contributed by atoms with van der Waals surface area (Å²) in [6.07, 6.45) is 1.97. The van der Waals surface area contributed by atoms with Gasteiger partial charge in [0, 0.05) is 24.5 Å². The van der Waals surface area contributed by atoms with Crippen LogP contribution in [-0.4, -0.2) is 46.0 Å². The van der Waals surface area contributed by atoms with Crippen molar-refractivity contribution in [3.63, 3.8) is 0 Å². The van der Waals surface area contributed by atoms with Crippen molar-refractivity contribution in [2.24, 2.45) is 11.0 Å². The minimum atomic E-state index is -3.51. The standard InChI is InChI=1S/C18H23N5O2S/c19-22-20-14-15-7-10-23(11-8-15)12-9-21-26(24,25)18-6-5-16-3-1-2-4-17(16)13-18/h1-6,13,15,21H,7-12,14H2. The fourth-order valence-corrected chi connectivity index (χ4v) is 4.36. The van der Waals surface area contributed by atoms with Crippen LogP contribution in [-0.2, 0) is 10.0 Å². The van der Waals surface area contributed by atoms with Crippen molar-refractivity contribution in [1.29, 1.82) is 0 Å². The minimum absolute atomic E-state index is 0.296. The Morgan fingerprint density at radius 1 is 1.15 bits per heavy atom. The third-order valence-electron chi connectivity index (χ3n) is 4.86. The van der Waals surface area contributed by atoms with Gasteiger partial charge < -0.3 is 4.90 Å². The molecule has 2 aromatic rings. The normalized spacial score (nSPS) is 16.5. The van der Waals surface area contributed by atoms with Crippen LogP contribution in [0, 0.1) is 5.92 Å². The maximum Gasteiger partial charge on any atom is 0.240 e. The molecule has 1 fully saturated rings. The van der Waals surface area contributed by atoms with Gasteiger partial charge in [-0.1, -0.05) is 35.4 Å². The van der Waals surface area contributed by atoms with Crippen molar-refractivity contribution in [2.45, 2.75) is 17.7 Å². The molecule has 1 saturated heterocycles. The van der Waals surface area contributed by atoms with Crippen molar-refractivity contribution >= 4 is 20.8 Å². The first-order valence-corrected chi connectivity index (χ1v) is 10.3. The number of azide groups is 1. The van der Waals surface area contributed by atoms with E-state index in [1.807, 2.05) is 30.3 Å². The van der Waals surface area contributed by atoms with Crippen LogP contribution < -0.4 is 4.72 Å². The van der Waals surface area contributed by atoms with Crippen LogP contribution in [0.3, 0.4) is 0 Å². The summed E-state index contributed by atoms with van der Waals surface area (Å²) in [5.41, 5.74) is 8.38. The lowest BCUT2D eigenvalue weighted by atomic mass is 9.97. The van der Waals surface area contributed by atoms with Crippen molar-refractivity contribution in [3.8, 4) is 0 Å². The number of nitrogens with one attached hydrogen (secondary N) is 1. The van der Waals surface area contributed by atoms with E-state index in [2.05, 4.69) is 19.6 Å². The van der Waals surface area contributed by atoms with Gasteiger partial charge in [0.05, 0.1) is 4.90 Å². The molecule has 1 heterocycles. The van der Waals surface area contributed by atoms with E-state index in [9.17, 15) is 8.42 Å². The molecular weight excluding hydrogens is 350 g/mol. The third kappa shape index (κ3) is 4.74. The van der Waals surface area contributed by atoms with E-state index in [1.54, 1.807) is 12.1 Å². The smallest absolute Gasteiger partial charge is 0.240 e. The quantitative estimate of drug-likeness (QED) is 0.458. The molecule has 0 bridgehead atoms. The molecule has 2 aromatic carbocycles. The fraction of sp³-hybridized carbons (Fsp3) is 0.444. The molecule has 0 spiro atoms. The molecule has 1 aliphatic rings. The lowest BCUT2D eigenvalue weighted by Gasteiger charge is -2.31. The molecule has 0 saturated carbocycles. The lowest BCUT2D eigenvalue weighted by Crippen LogP contribution is -2.40. The second-order valence-corrected chi connectivity index (χ2v) is 8.37. The summed E-state index contributed by atoms with van der Waals surface area (Å²) in [7, 11) is -3.51. The molecule has 8 heteroatoms. The molecule has 7 nitrogen and oxygen atoms in total. The van der Waals surface area contributed by atoms with Gasteiger partial charge in [0.2, 0.25) is 10.0 Å². The third-order valence-corrected chi connectivity index (χ3v) is 6.32. The molecule has 0 atom stereocenters. The lowest BCUT2D eigenvalue weighted by molar-refractivity contribution is 0.190. The summed E-state index contributed by atoms with van der Waals surface area (Å²) in [6, 6.07) is 12.9. The van der Waals surface area contributed by atoms with E-state index in [-0.39, 0.29) is 0 Å².